The molecule has 0 atom stereocenters. The van der Waals surface area contributed by atoms with Crippen LogP contribution in [-0.2, 0) is 6.54 Å². The van der Waals surface area contributed by atoms with E-state index < -0.39 is 0 Å². The summed E-state index contributed by atoms with van der Waals surface area (Å²) < 4.78 is 14.2. The smallest absolute Gasteiger partial charge is 0.146 e. The van der Waals surface area contributed by atoms with E-state index in [1.165, 1.54) is 0 Å². The molecule has 3 heteroatoms. The van der Waals surface area contributed by atoms with E-state index in [-0.39, 0.29) is 5.82 Å². The van der Waals surface area contributed by atoms with Gasteiger partial charge in [-0.05, 0) is 31.9 Å². The third kappa shape index (κ3) is 4.50. The van der Waals surface area contributed by atoms with Gasteiger partial charge in [-0.3, -0.25) is 0 Å². The summed E-state index contributed by atoms with van der Waals surface area (Å²) in [6.07, 6.45) is 1.02. The summed E-state index contributed by atoms with van der Waals surface area (Å²) in [5, 5.41) is 3.37. The van der Waals surface area contributed by atoms with Crippen LogP contribution < -0.4 is 10.2 Å². The number of benzene rings is 1. The van der Waals surface area contributed by atoms with E-state index in [2.05, 4.69) is 44.8 Å². The maximum atomic E-state index is 14.2. The van der Waals surface area contributed by atoms with Gasteiger partial charge in [-0.2, -0.15) is 0 Å². The van der Waals surface area contributed by atoms with Crippen LogP contribution in [0.2, 0.25) is 0 Å². The number of halogens is 1. The SMILES string of the molecule is CCCN(c1c(F)cccc1CNC(C)C)C(C)C. The molecule has 0 radical (unpaired) electrons. The van der Waals surface area contributed by atoms with Crippen LogP contribution in [0.1, 0.15) is 46.6 Å². The standard InChI is InChI=1S/C16H27FN2/c1-6-10-19(13(4)5)16-14(11-18-12(2)3)8-7-9-15(16)17/h7-9,12-13,18H,6,10-11H2,1-5H3. The highest BCUT2D eigenvalue weighted by molar-refractivity contribution is 5.55. The number of rotatable bonds is 7. The van der Waals surface area contributed by atoms with Gasteiger partial charge in [-0.1, -0.05) is 32.9 Å². The maximum absolute atomic E-state index is 14.2. The molecule has 0 aliphatic rings. The largest absolute Gasteiger partial charge is 0.366 e. The molecule has 1 N–H and O–H groups in total. The molecule has 1 aromatic carbocycles. The Morgan fingerprint density at radius 3 is 2.42 bits per heavy atom. The first-order chi connectivity index (χ1) is 8.97. The molecule has 0 spiro atoms. The molecule has 1 rings (SSSR count). The monoisotopic (exact) mass is 266 g/mol. The van der Waals surface area contributed by atoms with Crippen LogP contribution in [0, 0.1) is 5.82 Å². The Balaban J connectivity index is 3.07. The van der Waals surface area contributed by atoms with Gasteiger partial charge in [0.2, 0.25) is 0 Å². The molecule has 0 aliphatic carbocycles. The van der Waals surface area contributed by atoms with E-state index in [1.807, 2.05) is 6.07 Å². The molecule has 0 aliphatic heterocycles. The van der Waals surface area contributed by atoms with Crippen LogP contribution in [0.4, 0.5) is 10.1 Å². The zero-order valence-electron chi connectivity index (χ0n) is 12.8. The third-order valence-corrected chi connectivity index (χ3v) is 3.15. The Morgan fingerprint density at radius 1 is 1.21 bits per heavy atom. The fraction of sp³-hybridized carbons (Fsp3) is 0.625. The van der Waals surface area contributed by atoms with Crippen molar-refractivity contribution in [1.29, 1.82) is 0 Å². The van der Waals surface area contributed by atoms with Crippen molar-refractivity contribution in [2.24, 2.45) is 0 Å². The molecule has 0 saturated carbocycles. The average Bonchev–Trinajstić information content (AvgIpc) is 2.34. The molecular formula is C16H27FN2. The molecule has 0 fully saturated rings. The second kappa shape index (κ2) is 7.49. The summed E-state index contributed by atoms with van der Waals surface area (Å²) in [6, 6.07) is 6.06. The van der Waals surface area contributed by atoms with Crippen molar-refractivity contribution in [3.05, 3.63) is 29.6 Å². The summed E-state index contributed by atoms with van der Waals surface area (Å²) >= 11 is 0. The summed E-state index contributed by atoms with van der Waals surface area (Å²) in [5.74, 6) is -0.120. The van der Waals surface area contributed by atoms with Gasteiger partial charge in [0.15, 0.2) is 0 Å². The van der Waals surface area contributed by atoms with Crippen molar-refractivity contribution in [1.82, 2.24) is 5.32 Å². The topological polar surface area (TPSA) is 15.3 Å². The predicted octanol–water partition coefficient (Wildman–Crippen LogP) is 3.95. The first-order valence-corrected chi connectivity index (χ1v) is 7.24. The number of hydrogen-bond acceptors (Lipinski definition) is 2. The van der Waals surface area contributed by atoms with Crippen molar-refractivity contribution < 1.29 is 4.39 Å². The zero-order chi connectivity index (χ0) is 14.4. The Hall–Kier alpha value is -1.09. The van der Waals surface area contributed by atoms with Gasteiger partial charge in [0, 0.05) is 25.2 Å². The second-order valence-electron chi connectivity index (χ2n) is 5.57. The summed E-state index contributed by atoms with van der Waals surface area (Å²) in [5.41, 5.74) is 1.79. The highest BCUT2D eigenvalue weighted by Crippen LogP contribution is 2.26. The summed E-state index contributed by atoms with van der Waals surface area (Å²) in [7, 11) is 0. The molecular weight excluding hydrogens is 239 g/mol. The Bertz CT molecular complexity index is 388. The van der Waals surface area contributed by atoms with E-state index in [1.54, 1.807) is 12.1 Å². The van der Waals surface area contributed by atoms with Crippen LogP contribution in [0.5, 0.6) is 0 Å². The van der Waals surface area contributed by atoms with Gasteiger partial charge >= 0.3 is 0 Å². The molecule has 19 heavy (non-hydrogen) atoms. The molecule has 2 nitrogen and oxygen atoms in total. The van der Waals surface area contributed by atoms with Crippen molar-refractivity contribution in [2.45, 2.75) is 59.7 Å². The first-order valence-electron chi connectivity index (χ1n) is 7.24. The maximum Gasteiger partial charge on any atom is 0.146 e. The first kappa shape index (κ1) is 16.0. The predicted molar refractivity (Wildman–Crippen MR) is 81.1 cm³/mol. The minimum absolute atomic E-state index is 0.120. The van der Waals surface area contributed by atoms with Crippen LogP contribution in [-0.4, -0.2) is 18.6 Å². The van der Waals surface area contributed by atoms with Crippen molar-refractivity contribution in [3.8, 4) is 0 Å². The average molecular weight is 266 g/mol. The normalized spacial score (nSPS) is 11.4. The van der Waals surface area contributed by atoms with Gasteiger partial charge in [0.05, 0.1) is 5.69 Å². The van der Waals surface area contributed by atoms with Crippen molar-refractivity contribution >= 4 is 5.69 Å². The lowest BCUT2D eigenvalue weighted by Gasteiger charge is -2.31. The minimum Gasteiger partial charge on any atom is -0.366 e. The van der Waals surface area contributed by atoms with E-state index >= 15 is 0 Å². The Kier molecular flexibility index (Phi) is 6.29. The molecule has 0 saturated heterocycles. The lowest BCUT2D eigenvalue weighted by Crippen LogP contribution is -2.34. The number of para-hydroxylation sites is 1. The van der Waals surface area contributed by atoms with E-state index in [9.17, 15) is 4.39 Å². The van der Waals surface area contributed by atoms with E-state index in [0.29, 0.717) is 18.6 Å². The van der Waals surface area contributed by atoms with Crippen molar-refractivity contribution in [3.63, 3.8) is 0 Å². The quantitative estimate of drug-likeness (QED) is 0.804. The molecule has 0 bridgehead atoms. The lowest BCUT2D eigenvalue weighted by atomic mass is 10.1. The van der Waals surface area contributed by atoms with Crippen LogP contribution >= 0.6 is 0 Å². The summed E-state index contributed by atoms with van der Waals surface area (Å²) in [6.45, 7) is 12.1. The molecule has 0 aromatic heterocycles. The van der Waals surface area contributed by atoms with Gasteiger partial charge in [0.25, 0.3) is 0 Å². The molecule has 0 unspecified atom stereocenters. The van der Waals surface area contributed by atoms with Crippen LogP contribution in [0.3, 0.4) is 0 Å². The molecule has 0 amide bonds. The van der Waals surface area contributed by atoms with Gasteiger partial charge in [-0.15, -0.1) is 0 Å². The van der Waals surface area contributed by atoms with Crippen LogP contribution in [0.15, 0.2) is 18.2 Å². The highest BCUT2D eigenvalue weighted by Gasteiger charge is 2.17. The van der Waals surface area contributed by atoms with E-state index in [0.717, 1.165) is 24.2 Å². The molecule has 0 heterocycles. The van der Waals surface area contributed by atoms with Gasteiger partial charge in [0.1, 0.15) is 5.82 Å². The minimum atomic E-state index is -0.120. The molecule has 1 aromatic rings. The van der Waals surface area contributed by atoms with Crippen LogP contribution in [0.25, 0.3) is 0 Å². The second-order valence-corrected chi connectivity index (χ2v) is 5.57. The fourth-order valence-electron chi connectivity index (χ4n) is 2.21. The van der Waals surface area contributed by atoms with Crippen molar-refractivity contribution in [2.75, 3.05) is 11.4 Å². The number of hydrogen-bond donors (Lipinski definition) is 1. The van der Waals surface area contributed by atoms with E-state index in [4.69, 9.17) is 0 Å². The third-order valence-electron chi connectivity index (χ3n) is 3.15. The van der Waals surface area contributed by atoms with Gasteiger partial charge < -0.3 is 10.2 Å². The number of anilines is 1. The number of nitrogens with zero attached hydrogens (tertiary/aromatic N) is 1. The fourth-order valence-corrected chi connectivity index (χ4v) is 2.21. The molecule has 108 valence electrons. The summed E-state index contributed by atoms with van der Waals surface area (Å²) in [4.78, 5) is 2.16. The van der Waals surface area contributed by atoms with Gasteiger partial charge in [-0.25, -0.2) is 4.39 Å². The number of nitrogens with one attached hydrogen (secondary N) is 1. The Morgan fingerprint density at radius 2 is 1.89 bits per heavy atom. The Labute approximate surface area is 117 Å². The highest BCUT2D eigenvalue weighted by atomic mass is 19.1. The lowest BCUT2D eigenvalue weighted by molar-refractivity contribution is 0.568. The zero-order valence-corrected chi connectivity index (χ0v) is 12.8.